The van der Waals surface area contributed by atoms with Crippen LogP contribution in [-0.2, 0) is 14.3 Å². The monoisotopic (exact) mass is 228 g/mol. The summed E-state index contributed by atoms with van der Waals surface area (Å²) in [7, 11) is 0. The van der Waals surface area contributed by atoms with Crippen molar-refractivity contribution in [2.75, 3.05) is 6.61 Å². The van der Waals surface area contributed by atoms with Crippen LogP contribution in [0.1, 0.15) is 33.6 Å². The number of aliphatic hydroxyl groups is 1. The van der Waals surface area contributed by atoms with E-state index in [0.29, 0.717) is 12.2 Å². The van der Waals surface area contributed by atoms with Crippen molar-refractivity contribution < 1.29 is 19.4 Å². The second-order valence-corrected chi connectivity index (χ2v) is 4.06. The minimum absolute atomic E-state index is 0.0173. The molecule has 1 saturated heterocycles. The standard InChI is InChI=1S/C12H20O4/c1-4-15-12(14)8(2)6-5-7-10-11(16-10)9(3)13/h6,9-11,13H,4-5,7H2,1-3H3/b8-6+/t9-,10-,11-/m0/s1. The molecule has 1 fully saturated rings. The lowest BCUT2D eigenvalue weighted by atomic mass is 10.1. The third kappa shape index (κ3) is 3.94. The largest absolute Gasteiger partial charge is 0.463 e. The van der Waals surface area contributed by atoms with Crippen LogP contribution < -0.4 is 0 Å². The summed E-state index contributed by atoms with van der Waals surface area (Å²) in [6, 6.07) is 0. The van der Waals surface area contributed by atoms with E-state index in [4.69, 9.17) is 9.47 Å². The van der Waals surface area contributed by atoms with Crippen molar-refractivity contribution in [3.63, 3.8) is 0 Å². The molecule has 0 bridgehead atoms. The normalized spacial score (nSPS) is 26.4. The molecule has 4 nitrogen and oxygen atoms in total. The maximum atomic E-state index is 11.2. The number of esters is 1. The molecule has 0 aromatic rings. The molecule has 4 heteroatoms. The van der Waals surface area contributed by atoms with Gasteiger partial charge in [-0.25, -0.2) is 4.79 Å². The first kappa shape index (κ1) is 13.2. The highest BCUT2D eigenvalue weighted by Gasteiger charge is 2.41. The summed E-state index contributed by atoms with van der Waals surface area (Å²) in [5.74, 6) is -0.258. The molecule has 1 aliphatic heterocycles. The van der Waals surface area contributed by atoms with E-state index in [1.54, 1.807) is 20.8 Å². The molecule has 16 heavy (non-hydrogen) atoms. The van der Waals surface area contributed by atoms with Crippen molar-refractivity contribution in [1.82, 2.24) is 0 Å². The lowest BCUT2D eigenvalue weighted by molar-refractivity contribution is -0.138. The number of hydrogen-bond acceptors (Lipinski definition) is 4. The van der Waals surface area contributed by atoms with E-state index in [1.807, 2.05) is 6.08 Å². The maximum Gasteiger partial charge on any atom is 0.333 e. The molecule has 1 rings (SSSR count). The second-order valence-electron chi connectivity index (χ2n) is 4.06. The zero-order chi connectivity index (χ0) is 12.1. The van der Waals surface area contributed by atoms with E-state index in [0.717, 1.165) is 12.8 Å². The molecule has 0 radical (unpaired) electrons. The van der Waals surface area contributed by atoms with Gasteiger partial charge in [0.1, 0.15) is 6.10 Å². The summed E-state index contributed by atoms with van der Waals surface area (Å²) >= 11 is 0. The van der Waals surface area contributed by atoms with E-state index >= 15 is 0 Å². The van der Waals surface area contributed by atoms with Gasteiger partial charge >= 0.3 is 5.97 Å². The van der Waals surface area contributed by atoms with Crippen molar-refractivity contribution in [2.45, 2.75) is 51.9 Å². The van der Waals surface area contributed by atoms with Crippen LogP contribution >= 0.6 is 0 Å². The highest BCUT2D eigenvalue weighted by molar-refractivity contribution is 5.87. The number of hydrogen-bond donors (Lipinski definition) is 1. The number of allylic oxidation sites excluding steroid dienone is 1. The second kappa shape index (κ2) is 6.01. The molecule has 0 aromatic carbocycles. The lowest BCUT2D eigenvalue weighted by Crippen LogP contribution is -2.11. The Morgan fingerprint density at radius 3 is 2.81 bits per heavy atom. The number of rotatable bonds is 6. The van der Waals surface area contributed by atoms with Gasteiger partial charge in [0.25, 0.3) is 0 Å². The quantitative estimate of drug-likeness (QED) is 0.424. The molecule has 0 spiro atoms. The van der Waals surface area contributed by atoms with Gasteiger partial charge in [0.15, 0.2) is 0 Å². The molecule has 92 valence electrons. The average molecular weight is 228 g/mol. The molecule has 0 saturated carbocycles. The number of aliphatic hydroxyl groups excluding tert-OH is 1. The Morgan fingerprint density at radius 2 is 2.31 bits per heavy atom. The first-order valence-corrected chi connectivity index (χ1v) is 5.73. The minimum Gasteiger partial charge on any atom is -0.463 e. The van der Waals surface area contributed by atoms with Crippen molar-refractivity contribution in [3.05, 3.63) is 11.6 Å². The summed E-state index contributed by atoms with van der Waals surface area (Å²) in [6.45, 7) is 5.67. The Bertz CT molecular complexity index is 270. The zero-order valence-corrected chi connectivity index (χ0v) is 10.1. The van der Waals surface area contributed by atoms with E-state index in [-0.39, 0.29) is 18.2 Å². The number of ether oxygens (including phenoxy) is 2. The predicted molar refractivity (Wildman–Crippen MR) is 60.0 cm³/mol. The molecule has 1 aliphatic rings. The van der Waals surface area contributed by atoms with E-state index in [2.05, 4.69) is 0 Å². The molecule has 0 aromatic heterocycles. The highest BCUT2D eigenvalue weighted by atomic mass is 16.6. The first-order chi connectivity index (χ1) is 7.56. The fourth-order valence-electron chi connectivity index (χ4n) is 1.61. The molecule has 3 atom stereocenters. The average Bonchev–Trinajstić information content (AvgIpc) is 2.97. The van der Waals surface area contributed by atoms with Gasteiger partial charge in [-0.15, -0.1) is 0 Å². The van der Waals surface area contributed by atoms with Gasteiger partial charge in [0, 0.05) is 5.57 Å². The van der Waals surface area contributed by atoms with Crippen molar-refractivity contribution >= 4 is 5.97 Å². The van der Waals surface area contributed by atoms with Gasteiger partial charge in [-0.1, -0.05) is 6.08 Å². The van der Waals surface area contributed by atoms with Gasteiger partial charge in [0.05, 0.1) is 18.8 Å². The van der Waals surface area contributed by atoms with E-state index in [1.165, 1.54) is 0 Å². The molecule has 0 amide bonds. The Kier molecular flexibility index (Phi) is 4.96. The molecular formula is C12H20O4. The smallest absolute Gasteiger partial charge is 0.333 e. The summed E-state index contributed by atoms with van der Waals surface area (Å²) < 4.78 is 10.1. The van der Waals surface area contributed by atoms with Gasteiger partial charge in [-0.3, -0.25) is 0 Å². The fraction of sp³-hybridized carbons (Fsp3) is 0.750. The number of carbonyl (C=O) groups excluding carboxylic acids is 1. The lowest BCUT2D eigenvalue weighted by Gasteiger charge is -2.01. The summed E-state index contributed by atoms with van der Waals surface area (Å²) in [5, 5.41) is 9.21. The summed E-state index contributed by atoms with van der Waals surface area (Å²) in [4.78, 5) is 11.2. The fourth-order valence-corrected chi connectivity index (χ4v) is 1.61. The third-order valence-electron chi connectivity index (χ3n) is 2.60. The van der Waals surface area contributed by atoms with Crippen LogP contribution in [-0.4, -0.2) is 36.0 Å². The van der Waals surface area contributed by atoms with E-state index in [9.17, 15) is 9.90 Å². The summed E-state index contributed by atoms with van der Waals surface area (Å²) in [5.41, 5.74) is 0.635. The number of carbonyl (C=O) groups is 1. The van der Waals surface area contributed by atoms with Crippen molar-refractivity contribution in [3.8, 4) is 0 Å². The Balaban J connectivity index is 2.20. The van der Waals surface area contributed by atoms with Crippen molar-refractivity contribution in [1.29, 1.82) is 0 Å². The third-order valence-corrected chi connectivity index (χ3v) is 2.60. The van der Waals surface area contributed by atoms with E-state index < -0.39 is 6.10 Å². The summed E-state index contributed by atoms with van der Waals surface area (Å²) in [6.07, 6.45) is 3.20. The maximum absolute atomic E-state index is 11.2. The predicted octanol–water partition coefficient (Wildman–Crippen LogP) is 1.42. The number of epoxide rings is 1. The first-order valence-electron chi connectivity index (χ1n) is 5.73. The minimum atomic E-state index is -0.403. The topological polar surface area (TPSA) is 59.1 Å². The van der Waals surface area contributed by atoms with Crippen LogP contribution in [0.3, 0.4) is 0 Å². The van der Waals surface area contributed by atoms with Crippen LogP contribution in [0.15, 0.2) is 11.6 Å². The van der Waals surface area contributed by atoms with Gasteiger partial charge in [-0.2, -0.15) is 0 Å². The van der Waals surface area contributed by atoms with Crippen LogP contribution in [0.5, 0.6) is 0 Å². The zero-order valence-electron chi connectivity index (χ0n) is 10.1. The van der Waals surface area contributed by atoms with Gasteiger partial charge < -0.3 is 14.6 Å². The molecular weight excluding hydrogens is 208 g/mol. The van der Waals surface area contributed by atoms with Crippen LogP contribution in [0.4, 0.5) is 0 Å². The van der Waals surface area contributed by atoms with Crippen LogP contribution in [0.25, 0.3) is 0 Å². The molecule has 1 heterocycles. The van der Waals surface area contributed by atoms with Crippen LogP contribution in [0, 0.1) is 0 Å². The Labute approximate surface area is 96.2 Å². The Morgan fingerprint density at radius 1 is 1.62 bits per heavy atom. The Hall–Kier alpha value is -0.870. The van der Waals surface area contributed by atoms with Crippen LogP contribution in [0.2, 0.25) is 0 Å². The molecule has 1 N–H and O–H groups in total. The van der Waals surface area contributed by atoms with Gasteiger partial charge in [-0.05, 0) is 33.6 Å². The molecule has 0 unspecified atom stereocenters. The van der Waals surface area contributed by atoms with Gasteiger partial charge in [0.2, 0.25) is 0 Å². The SMILES string of the molecule is CCOC(=O)/C(C)=C/CC[C@@H]1O[C@H]1[C@H](C)O. The van der Waals surface area contributed by atoms with Crippen molar-refractivity contribution in [2.24, 2.45) is 0 Å². The molecule has 0 aliphatic carbocycles. The highest BCUT2D eigenvalue weighted by Crippen LogP contribution is 2.29.